The first-order chi connectivity index (χ1) is 14.0. The lowest BCUT2D eigenvalue weighted by Gasteiger charge is -2.40. The van der Waals surface area contributed by atoms with Gasteiger partial charge < -0.3 is 40.9 Å². The van der Waals surface area contributed by atoms with Gasteiger partial charge in [0.2, 0.25) is 11.8 Å². The lowest BCUT2D eigenvalue weighted by atomic mass is 9.82. The number of likely N-dealkylation sites (tertiary alicyclic amines) is 1. The van der Waals surface area contributed by atoms with Crippen molar-refractivity contribution in [1.29, 1.82) is 0 Å². The summed E-state index contributed by atoms with van der Waals surface area (Å²) in [5, 5.41) is 40.1. The molecule has 2 rings (SSSR count). The molecule has 1 aliphatic rings. The van der Waals surface area contributed by atoms with Crippen LogP contribution < -0.4 is 15.8 Å². The monoisotopic (exact) mass is 423 g/mol. The summed E-state index contributed by atoms with van der Waals surface area (Å²) in [6, 6.07) is 1.34. The fourth-order valence-corrected chi connectivity index (χ4v) is 2.96. The van der Waals surface area contributed by atoms with E-state index < -0.39 is 48.5 Å². The summed E-state index contributed by atoms with van der Waals surface area (Å²) >= 11 is 0. The van der Waals surface area contributed by atoms with E-state index >= 15 is 0 Å². The van der Waals surface area contributed by atoms with Crippen LogP contribution in [0, 0.1) is 0 Å². The Kier molecular flexibility index (Phi) is 7.65. The third-order valence-corrected chi connectivity index (χ3v) is 4.71. The minimum absolute atomic E-state index is 0.0521. The Labute approximate surface area is 173 Å². The van der Waals surface area contributed by atoms with Crippen molar-refractivity contribution in [2.45, 2.75) is 44.8 Å². The smallest absolute Gasteiger partial charge is 0.451 e. The molecule has 2 unspecified atom stereocenters. The standard InChI is InChI=1S/C18H26BN3O8/c1-9(20)16(24)21-10(2)17(25)22-7-12(8-22)30-13-4-3-11(5-6-19(28)29)15(23)14(13)18(26)27/h3-4,9-10,12,23,28-29H,5-8,20H2,1-2H3,(H,21,24)(H,26,27). The van der Waals surface area contributed by atoms with E-state index in [1.165, 1.54) is 24.0 Å². The summed E-state index contributed by atoms with van der Waals surface area (Å²) in [7, 11) is -1.58. The van der Waals surface area contributed by atoms with Crippen LogP contribution in [0.5, 0.6) is 11.5 Å². The van der Waals surface area contributed by atoms with Gasteiger partial charge in [0.05, 0.1) is 19.1 Å². The molecule has 1 saturated heterocycles. The third kappa shape index (κ3) is 5.62. The Hall–Kier alpha value is -2.83. The van der Waals surface area contributed by atoms with E-state index in [4.69, 9.17) is 20.5 Å². The van der Waals surface area contributed by atoms with Crippen LogP contribution in [0.25, 0.3) is 0 Å². The summed E-state index contributed by atoms with van der Waals surface area (Å²) in [6.07, 6.45) is -0.474. The number of carboxylic acid groups (broad SMARTS) is 1. The molecule has 0 spiro atoms. The zero-order valence-corrected chi connectivity index (χ0v) is 16.7. The van der Waals surface area contributed by atoms with E-state index in [-0.39, 0.29) is 43.1 Å². The Bertz CT molecular complexity index is 811. The van der Waals surface area contributed by atoms with Gasteiger partial charge in [0.25, 0.3) is 0 Å². The molecule has 0 saturated carbocycles. The Balaban J connectivity index is 2.00. The van der Waals surface area contributed by atoms with Gasteiger partial charge in [0.1, 0.15) is 29.2 Å². The molecule has 2 amide bonds. The second-order valence-electron chi connectivity index (χ2n) is 7.27. The first-order valence-electron chi connectivity index (χ1n) is 9.46. The number of rotatable bonds is 9. The minimum Gasteiger partial charge on any atom is -0.507 e. The van der Waals surface area contributed by atoms with Gasteiger partial charge in [-0.05, 0) is 38.2 Å². The van der Waals surface area contributed by atoms with Gasteiger partial charge in [0, 0.05) is 0 Å². The predicted molar refractivity (Wildman–Crippen MR) is 106 cm³/mol. The molecule has 164 valence electrons. The molecule has 0 aromatic heterocycles. The maximum Gasteiger partial charge on any atom is 0.451 e. The quantitative estimate of drug-likeness (QED) is 0.259. The van der Waals surface area contributed by atoms with Crippen LogP contribution in [-0.2, 0) is 16.0 Å². The van der Waals surface area contributed by atoms with Crippen LogP contribution >= 0.6 is 0 Å². The summed E-state index contributed by atoms with van der Waals surface area (Å²) in [4.78, 5) is 37.0. The topological polar surface area (TPSA) is 183 Å². The second-order valence-corrected chi connectivity index (χ2v) is 7.27. The number of hydrogen-bond acceptors (Lipinski definition) is 8. The molecular weight excluding hydrogens is 397 g/mol. The summed E-state index contributed by atoms with van der Waals surface area (Å²) in [5.74, 6) is -2.71. The van der Waals surface area contributed by atoms with Crippen LogP contribution in [0.15, 0.2) is 12.1 Å². The van der Waals surface area contributed by atoms with Gasteiger partial charge in [-0.3, -0.25) is 9.59 Å². The molecule has 30 heavy (non-hydrogen) atoms. The first kappa shape index (κ1) is 23.5. The molecule has 1 aromatic carbocycles. The number of ether oxygens (including phenoxy) is 1. The number of carbonyl (C=O) groups excluding carboxylic acids is 2. The highest BCUT2D eigenvalue weighted by Crippen LogP contribution is 2.34. The second kappa shape index (κ2) is 9.78. The number of phenols is 1. The zero-order chi connectivity index (χ0) is 22.6. The number of nitrogens with zero attached hydrogens (tertiary/aromatic N) is 1. The van der Waals surface area contributed by atoms with Crippen LogP contribution in [0.1, 0.15) is 29.8 Å². The van der Waals surface area contributed by atoms with Gasteiger partial charge >= 0.3 is 13.1 Å². The van der Waals surface area contributed by atoms with Crippen LogP contribution in [-0.4, -0.2) is 81.3 Å². The number of nitrogens with two attached hydrogens (primary N) is 1. The number of carbonyl (C=O) groups is 3. The van der Waals surface area contributed by atoms with E-state index in [2.05, 4.69) is 5.32 Å². The zero-order valence-electron chi connectivity index (χ0n) is 16.7. The Morgan fingerprint density at radius 1 is 1.30 bits per heavy atom. The molecule has 11 nitrogen and oxygen atoms in total. The van der Waals surface area contributed by atoms with Crippen molar-refractivity contribution >= 4 is 24.9 Å². The molecule has 2 atom stereocenters. The van der Waals surface area contributed by atoms with Gasteiger partial charge in [-0.2, -0.15) is 0 Å². The number of benzene rings is 1. The van der Waals surface area contributed by atoms with Crippen molar-refractivity contribution in [3.05, 3.63) is 23.3 Å². The Morgan fingerprint density at radius 2 is 1.93 bits per heavy atom. The molecule has 1 aromatic rings. The maximum absolute atomic E-state index is 12.3. The number of aromatic carboxylic acids is 1. The molecule has 7 N–H and O–H groups in total. The van der Waals surface area contributed by atoms with E-state index in [0.717, 1.165) is 0 Å². The van der Waals surface area contributed by atoms with Gasteiger partial charge in [-0.25, -0.2) is 4.79 Å². The highest BCUT2D eigenvalue weighted by molar-refractivity contribution is 6.41. The highest BCUT2D eigenvalue weighted by atomic mass is 16.5. The lowest BCUT2D eigenvalue weighted by Crippen LogP contribution is -2.61. The number of aryl methyl sites for hydroxylation is 1. The molecular formula is C18H26BN3O8. The SMILES string of the molecule is CC(N)C(=O)NC(C)C(=O)N1CC(Oc2ccc(CCB(O)O)c(O)c2C(=O)O)C1. The van der Waals surface area contributed by atoms with Crippen molar-refractivity contribution in [3.8, 4) is 11.5 Å². The minimum atomic E-state index is -1.58. The van der Waals surface area contributed by atoms with Crippen molar-refractivity contribution in [1.82, 2.24) is 10.2 Å². The molecule has 0 bridgehead atoms. The van der Waals surface area contributed by atoms with Crippen molar-refractivity contribution < 1.29 is 39.4 Å². The predicted octanol–water partition coefficient (Wildman–Crippen LogP) is -1.45. The molecule has 1 fully saturated rings. The summed E-state index contributed by atoms with van der Waals surface area (Å²) < 4.78 is 5.64. The third-order valence-electron chi connectivity index (χ3n) is 4.71. The van der Waals surface area contributed by atoms with Crippen LogP contribution in [0.2, 0.25) is 6.32 Å². The fraction of sp³-hybridized carbons (Fsp3) is 0.500. The Morgan fingerprint density at radius 3 is 2.47 bits per heavy atom. The van der Waals surface area contributed by atoms with E-state index in [1.54, 1.807) is 6.92 Å². The average molecular weight is 423 g/mol. The van der Waals surface area contributed by atoms with Crippen LogP contribution in [0.4, 0.5) is 0 Å². The fourth-order valence-electron chi connectivity index (χ4n) is 2.96. The van der Waals surface area contributed by atoms with Crippen LogP contribution in [0.3, 0.4) is 0 Å². The molecule has 0 radical (unpaired) electrons. The number of hydrogen-bond donors (Lipinski definition) is 6. The van der Waals surface area contributed by atoms with E-state index in [0.29, 0.717) is 0 Å². The summed E-state index contributed by atoms with van der Waals surface area (Å²) in [6.45, 7) is 3.43. The molecule has 0 aliphatic carbocycles. The number of carboxylic acids is 1. The van der Waals surface area contributed by atoms with Crippen molar-refractivity contribution in [2.24, 2.45) is 5.73 Å². The largest absolute Gasteiger partial charge is 0.507 e. The molecule has 12 heteroatoms. The number of aromatic hydroxyl groups is 1. The lowest BCUT2D eigenvalue weighted by molar-refractivity contribution is -0.143. The normalized spacial score (nSPS) is 15.7. The van der Waals surface area contributed by atoms with E-state index in [9.17, 15) is 24.6 Å². The number of amides is 2. The van der Waals surface area contributed by atoms with Gasteiger partial charge in [0.15, 0.2) is 0 Å². The highest BCUT2D eigenvalue weighted by Gasteiger charge is 2.36. The van der Waals surface area contributed by atoms with Crippen molar-refractivity contribution in [2.75, 3.05) is 13.1 Å². The van der Waals surface area contributed by atoms with E-state index in [1.807, 2.05) is 0 Å². The average Bonchev–Trinajstić information content (AvgIpc) is 2.62. The summed E-state index contributed by atoms with van der Waals surface area (Å²) in [5.41, 5.74) is 5.28. The van der Waals surface area contributed by atoms with Crippen molar-refractivity contribution in [3.63, 3.8) is 0 Å². The molecule has 1 heterocycles. The maximum atomic E-state index is 12.3. The van der Waals surface area contributed by atoms with Gasteiger partial charge in [-0.1, -0.05) is 6.07 Å². The number of nitrogens with one attached hydrogen (secondary N) is 1. The first-order valence-corrected chi connectivity index (χ1v) is 9.46. The van der Waals surface area contributed by atoms with Gasteiger partial charge in [-0.15, -0.1) is 0 Å². The molecule has 1 aliphatic heterocycles.